The highest BCUT2D eigenvalue weighted by atomic mass is 16.3. The van der Waals surface area contributed by atoms with Crippen LogP contribution in [0.1, 0.15) is 99.8 Å². The Labute approximate surface area is 198 Å². The molecule has 0 aromatic rings. The zero-order valence-electron chi connectivity index (χ0n) is 22.1. The van der Waals surface area contributed by atoms with Crippen molar-refractivity contribution in [3.8, 4) is 0 Å². The van der Waals surface area contributed by atoms with Gasteiger partial charge in [-0.05, 0) is 104 Å². The van der Waals surface area contributed by atoms with Gasteiger partial charge < -0.3 is 5.11 Å². The van der Waals surface area contributed by atoms with Gasteiger partial charge in [0, 0.05) is 5.92 Å². The van der Waals surface area contributed by atoms with Crippen molar-refractivity contribution < 1.29 is 5.11 Å². The molecular formula is C31H50O. The summed E-state index contributed by atoms with van der Waals surface area (Å²) >= 11 is 0. The quantitative estimate of drug-likeness (QED) is 0.437. The van der Waals surface area contributed by atoms with Crippen molar-refractivity contribution in [2.24, 2.45) is 51.8 Å². The van der Waals surface area contributed by atoms with Gasteiger partial charge in [-0.1, -0.05) is 77.5 Å². The third-order valence-corrected chi connectivity index (χ3v) is 10.9. The molecule has 180 valence electrons. The zero-order chi connectivity index (χ0) is 23.5. The number of allylic oxidation sites excluding steroid dienone is 4. The molecule has 0 aromatic heterocycles. The summed E-state index contributed by atoms with van der Waals surface area (Å²) in [7, 11) is 0. The van der Waals surface area contributed by atoms with Crippen molar-refractivity contribution in [3.63, 3.8) is 0 Å². The Hall–Kier alpha value is -0.820. The second-order valence-electron chi connectivity index (χ2n) is 13.8. The number of aliphatic hydroxyl groups excluding tert-OH is 1. The normalized spacial score (nSPS) is 43.8. The largest absolute Gasteiger partial charge is 0.393 e. The molecule has 1 N–H and O–H groups in total. The van der Waals surface area contributed by atoms with Crippen molar-refractivity contribution in [3.05, 3.63) is 36.0 Å². The molecule has 0 bridgehead atoms. The molecule has 0 amide bonds. The third kappa shape index (κ3) is 3.99. The summed E-state index contributed by atoms with van der Waals surface area (Å²) in [6, 6.07) is 0. The second kappa shape index (κ2) is 8.44. The monoisotopic (exact) mass is 438 g/mol. The van der Waals surface area contributed by atoms with Gasteiger partial charge in [-0.15, -0.1) is 0 Å². The van der Waals surface area contributed by atoms with E-state index in [0.717, 1.165) is 36.5 Å². The summed E-state index contributed by atoms with van der Waals surface area (Å²) in [6.07, 6.45) is 17.5. The van der Waals surface area contributed by atoms with Crippen LogP contribution in [0.2, 0.25) is 0 Å². The molecule has 0 unspecified atom stereocenters. The molecule has 4 aliphatic carbocycles. The van der Waals surface area contributed by atoms with Gasteiger partial charge in [-0.25, -0.2) is 0 Å². The van der Waals surface area contributed by atoms with Crippen molar-refractivity contribution in [1.29, 1.82) is 0 Å². The van der Waals surface area contributed by atoms with E-state index in [-0.39, 0.29) is 11.5 Å². The average Bonchev–Trinajstić information content (AvgIpc) is 3.04. The molecule has 4 aliphatic rings. The number of rotatable bonds is 4. The summed E-state index contributed by atoms with van der Waals surface area (Å²) in [5, 5.41) is 10.3. The van der Waals surface area contributed by atoms with Gasteiger partial charge in [-0.2, -0.15) is 0 Å². The molecule has 0 radical (unpaired) electrons. The molecule has 9 atom stereocenters. The van der Waals surface area contributed by atoms with Gasteiger partial charge in [0.25, 0.3) is 0 Å². The van der Waals surface area contributed by atoms with Crippen LogP contribution in [-0.4, -0.2) is 11.2 Å². The van der Waals surface area contributed by atoms with E-state index >= 15 is 0 Å². The highest BCUT2D eigenvalue weighted by molar-refractivity contribution is 5.25. The molecule has 0 aliphatic heterocycles. The molecule has 1 nitrogen and oxygen atoms in total. The van der Waals surface area contributed by atoms with E-state index in [9.17, 15) is 5.11 Å². The van der Waals surface area contributed by atoms with Crippen LogP contribution in [-0.2, 0) is 0 Å². The van der Waals surface area contributed by atoms with Crippen LogP contribution in [0.15, 0.2) is 36.0 Å². The molecule has 1 heteroatoms. The lowest BCUT2D eigenvalue weighted by molar-refractivity contribution is -0.0540. The lowest BCUT2D eigenvalue weighted by atomic mass is 9.47. The van der Waals surface area contributed by atoms with E-state index in [1.807, 2.05) is 0 Å². The minimum Gasteiger partial charge on any atom is -0.393 e. The van der Waals surface area contributed by atoms with Crippen LogP contribution in [0.5, 0.6) is 0 Å². The molecule has 4 rings (SSSR count). The first-order valence-electron chi connectivity index (χ1n) is 13.6. The fourth-order valence-electron chi connectivity index (χ4n) is 9.16. The molecule has 3 fully saturated rings. The van der Waals surface area contributed by atoms with Crippen LogP contribution in [0.3, 0.4) is 0 Å². The maximum absolute atomic E-state index is 10.3. The van der Waals surface area contributed by atoms with Crippen molar-refractivity contribution in [2.45, 2.75) is 106 Å². The van der Waals surface area contributed by atoms with Crippen molar-refractivity contribution >= 4 is 0 Å². The Balaban J connectivity index is 1.53. The number of hydrogen-bond donors (Lipinski definition) is 1. The van der Waals surface area contributed by atoms with Gasteiger partial charge in [-0.3, -0.25) is 0 Å². The molecule has 3 saturated carbocycles. The number of fused-ring (bicyclic) bond motifs is 5. The van der Waals surface area contributed by atoms with E-state index < -0.39 is 0 Å². The number of hydrogen-bond acceptors (Lipinski definition) is 1. The van der Waals surface area contributed by atoms with E-state index in [4.69, 9.17) is 0 Å². The summed E-state index contributed by atoms with van der Waals surface area (Å²) < 4.78 is 0. The topological polar surface area (TPSA) is 20.2 Å². The molecule has 0 heterocycles. The van der Waals surface area contributed by atoms with Gasteiger partial charge in [0.05, 0.1) is 6.10 Å². The summed E-state index contributed by atoms with van der Waals surface area (Å²) in [5.74, 6) is 4.48. The minimum absolute atomic E-state index is 0.0978. The first-order valence-corrected chi connectivity index (χ1v) is 13.6. The van der Waals surface area contributed by atoms with Gasteiger partial charge >= 0.3 is 0 Å². The van der Waals surface area contributed by atoms with E-state index in [1.54, 1.807) is 5.57 Å². The Morgan fingerprint density at radius 2 is 1.81 bits per heavy atom. The van der Waals surface area contributed by atoms with E-state index in [2.05, 4.69) is 73.3 Å². The average molecular weight is 439 g/mol. The fraction of sp³-hybridized carbons (Fsp3) is 0.806. The number of aliphatic hydroxyl groups is 1. The molecule has 0 spiro atoms. The lowest BCUT2D eigenvalue weighted by Crippen LogP contribution is -2.50. The van der Waals surface area contributed by atoms with Crippen molar-refractivity contribution in [1.82, 2.24) is 0 Å². The Morgan fingerprint density at radius 1 is 1.09 bits per heavy atom. The minimum atomic E-state index is -0.0978. The van der Waals surface area contributed by atoms with Gasteiger partial charge in [0.1, 0.15) is 0 Å². The Kier molecular flexibility index (Phi) is 6.41. The zero-order valence-corrected chi connectivity index (χ0v) is 22.1. The van der Waals surface area contributed by atoms with Crippen LogP contribution >= 0.6 is 0 Å². The van der Waals surface area contributed by atoms with E-state index in [0.29, 0.717) is 22.7 Å². The van der Waals surface area contributed by atoms with Crippen LogP contribution in [0.4, 0.5) is 0 Å². The molecular weight excluding hydrogens is 388 g/mol. The van der Waals surface area contributed by atoms with Crippen LogP contribution in [0, 0.1) is 51.8 Å². The Bertz CT molecular complexity index is 781. The lowest BCUT2D eigenvalue weighted by Gasteiger charge is -2.58. The second-order valence-corrected chi connectivity index (χ2v) is 13.8. The maximum Gasteiger partial charge on any atom is 0.0577 e. The van der Waals surface area contributed by atoms with Gasteiger partial charge in [0.15, 0.2) is 0 Å². The SMILES string of the molecule is C=C(C)[C@H](/C=C/[C@@H](C)[C@H]1CC[C@H]2[C@@H]3CC=C4C[C@@H](O)CC[C@]4(C)[C@H]3CC[C@]12C)C(C)(C)C. The highest BCUT2D eigenvalue weighted by Gasteiger charge is 2.58. The fourth-order valence-corrected chi connectivity index (χ4v) is 9.16. The Morgan fingerprint density at radius 3 is 2.47 bits per heavy atom. The first-order chi connectivity index (χ1) is 14.9. The van der Waals surface area contributed by atoms with Crippen LogP contribution in [0.25, 0.3) is 0 Å². The molecule has 0 aromatic carbocycles. The molecule has 32 heavy (non-hydrogen) atoms. The van der Waals surface area contributed by atoms with E-state index in [1.165, 1.54) is 44.1 Å². The maximum atomic E-state index is 10.3. The molecule has 0 saturated heterocycles. The van der Waals surface area contributed by atoms with Gasteiger partial charge in [0.2, 0.25) is 0 Å². The van der Waals surface area contributed by atoms with Crippen LogP contribution < -0.4 is 0 Å². The van der Waals surface area contributed by atoms with Crippen molar-refractivity contribution in [2.75, 3.05) is 0 Å². The highest BCUT2D eigenvalue weighted by Crippen LogP contribution is 2.67. The summed E-state index contributed by atoms with van der Waals surface area (Å²) in [5.41, 5.74) is 3.96. The smallest absolute Gasteiger partial charge is 0.0577 e. The first kappa shape index (κ1) is 24.3. The predicted octanol–water partition coefficient (Wildman–Crippen LogP) is 8.36. The predicted molar refractivity (Wildman–Crippen MR) is 137 cm³/mol. The standard InChI is InChI=1S/C31H50O/c1-20(2)25(29(4,5)6)12-9-21(3)26-13-14-27-24-11-10-22-19-23(32)15-17-30(22,7)28(24)16-18-31(26,27)8/h9-10,12,21,23-28,32H,1,11,13-19H2,2-8H3/b12-9+/t21-,23+,24+,25+,26-,27+,28+,30+,31-/m1/s1. The third-order valence-electron chi connectivity index (χ3n) is 10.9. The summed E-state index contributed by atoms with van der Waals surface area (Å²) in [4.78, 5) is 0. The summed E-state index contributed by atoms with van der Waals surface area (Å²) in [6.45, 7) is 21.2.